The van der Waals surface area contributed by atoms with Gasteiger partial charge in [0.1, 0.15) is 46.6 Å². The number of nitrogens with zero attached hydrogens (tertiary/aromatic N) is 6. The van der Waals surface area contributed by atoms with Crippen LogP contribution in [0.2, 0.25) is 5.02 Å². The molecule has 1 saturated carbocycles. The van der Waals surface area contributed by atoms with Gasteiger partial charge in [0.25, 0.3) is 5.92 Å². The van der Waals surface area contributed by atoms with Gasteiger partial charge >= 0.3 is 20.2 Å². The van der Waals surface area contributed by atoms with Gasteiger partial charge in [-0.25, -0.2) is 35.2 Å². The van der Waals surface area contributed by atoms with Crippen molar-refractivity contribution < 1.29 is 103 Å². The molecule has 22 nitrogen and oxygen atoms in total. The number of phosphoric ester groups is 1. The Balaban J connectivity index is 1.35. The third kappa shape index (κ3) is 17.5. The molecule has 0 aliphatic heterocycles. The molecule has 3 aromatic carbocycles. The third-order valence-electron chi connectivity index (χ3n) is 16.1. The highest BCUT2D eigenvalue weighted by Gasteiger charge is 2.68. The van der Waals surface area contributed by atoms with Gasteiger partial charge in [-0.1, -0.05) is 43.5 Å². The van der Waals surface area contributed by atoms with Crippen LogP contribution in [0.1, 0.15) is 144 Å². The smallest absolute Gasteiger partial charge is 0.404 e. The summed E-state index contributed by atoms with van der Waals surface area (Å²) < 4.78 is 236. The summed E-state index contributed by atoms with van der Waals surface area (Å²) >= 11 is 6.93. The summed E-state index contributed by atoms with van der Waals surface area (Å²) in [7, 11) is -13.9. The van der Waals surface area contributed by atoms with Gasteiger partial charge in [0.05, 0.1) is 65.0 Å². The number of halogens is 11. The number of aryl methyl sites for hydroxylation is 1. The predicted molar refractivity (Wildman–Crippen MR) is 345 cm³/mol. The molecular weight excluding hydrogens is 1420 g/mol. The number of aromatic nitrogens is 5. The van der Waals surface area contributed by atoms with Crippen LogP contribution >= 0.6 is 19.4 Å². The summed E-state index contributed by atoms with van der Waals surface area (Å²) in [6, 6.07) is 5.72. The lowest BCUT2D eigenvalue weighted by molar-refractivity contribution is -0.143. The van der Waals surface area contributed by atoms with Crippen LogP contribution in [0.5, 0.6) is 5.75 Å². The molecule has 0 bridgehead atoms. The zero-order chi connectivity index (χ0) is 74.9. The number of sulfone groups is 1. The van der Waals surface area contributed by atoms with Gasteiger partial charge in [-0.2, -0.15) is 49.6 Å². The average Bonchev–Trinajstić information content (AvgIpc) is 1.51. The number of sulfonamides is 1. The monoisotopic (exact) mass is 1490 g/mol. The molecule has 0 spiro atoms. The quantitative estimate of drug-likeness (QED) is 0.0258. The first-order valence-electron chi connectivity index (χ1n) is 30.5. The summed E-state index contributed by atoms with van der Waals surface area (Å²) in [5.74, 6) is -10.9. The topological polar surface area (TPSA) is 300 Å². The predicted octanol–water partition coefficient (Wildman–Crippen LogP) is 11.1. The number of Topliss-reactive ketones (excluding diaryl/α,β-unsaturated/α-hetero) is 1. The van der Waals surface area contributed by atoms with Gasteiger partial charge in [-0.05, 0) is 133 Å². The second-order valence-electron chi connectivity index (χ2n) is 26.2. The van der Waals surface area contributed by atoms with Crippen LogP contribution in [-0.2, 0) is 101 Å². The molecule has 3 aromatic heterocycles. The molecule has 6 aromatic rings. The number of rotatable bonds is 26. The maximum Gasteiger partial charge on any atom is 0.530 e. The minimum atomic E-state index is -5.29. The Bertz CT molecular complexity index is 4630. The van der Waals surface area contributed by atoms with Crippen molar-refractivity contribution in [2.75, 3.05) is 16.8 Å². The molecule has 3 heterocycles. The van der Waals surface area contributed by atoms with Crippen molar-refractivity contribution in [3.05, 3.63) is 122 Å². The highest BCUT2D eigenvalue weighted by Crippen LogP contribution is 2.68. The van der Waals surface area contributed by atoms with Gasteiger partial charge in [0, 0.05) is 52.3 Å². The van der Waals surface area contributed by atoms with Crippen molar-refractivity contribution in [1.82, 2.24) is 35.2 Å². The number of pyridine rings is 1. The lowest BCUT2D eigenvalue weighted by atomic mass is 9.77. The van der Waals surface area contributed by atoms with Gasteiger partial charge in [0.15, 0.2) is 27.1 Å². The van der Waals surface area contributed by atoms with Crippen molar-refractivity contribution in [1.29, 1.82) is 0 Å². The standard InChI is InChI=1S/C64H69ClF10N9O13PS2/c1-31(2)95-98(90,96-32(3)4)97-47-20-33(5)19-36(24-49(87)78-45(34(6)85)27-48(76)86)54(47)60(7,8)28-51(89)84(100(12,93)94)59-53-44(65)16-15-41(56(53)83(81-59)30-62(68,69)70)40-14-13-39(17-18-61(9,10)99(11,91)92)77-55(40)46(23-35-21-37(66)25-38(67)22-35)79-50(88)29-82-58-52(57(80-82)64(73,74)75)42-26-43(42)63(58,71)72/h13-16,19-22,25,31-32,42-43,45-46H,23-24,26-30H2,1-12H3,(H2,76,86)(H,78,87)(H,79,88)/t42-,43+,45-,46-/m0/s1. The van der Waals surface area contributed by atoms with Crippen LogP contribution in [-0.4, -0.2) is 112 Å². The fourth-order valence-electron chi connectivity index (χ4n) is 11.8. The zero-order valence-electron chi connectivity index (χ0n) is 55.6. The molecule has 0 radical (unpaired) electrons. The number of fused-ring (bicyclic) bond motifs is 4. The maximum absolute atomic E-state index is 15.9. The Morgan fingerprint density at radius 1 is 0.860 bits per heavy atom. The van der Waals surface area contributed by atoms with Crippen LogP contribution in [0, 0.1) is 36.3 Å². The van der Waals surface area contributed by atoms with Crippen molar-refractivity contribution in [3.63, 3.8) is 0 Å². The first-order chi connectivity index (χ1) is 45.8. The molecule has 4 atom stereocenters. The molecule has 0 saturated heterocycles. The molecule has 4 amide bonds. The number of hydrogen-bond acceptors (Lipinski definition) is 16. The number of nitrogens with one attached hydrogen (secondary N) is 2. The van der Waals surface area contributed by atoms with Crippen LogP contribution in [0.15, 0.2) is 54.6 Å². The van der Waals surface area contributed by atoms with E-state index in [2.05, 4.69) is 37.7 Å². The van der Waals surface area contributed by atoms with Crippen LogP contribution < -0.4 is 25.2 Å². The first-order valence-corrected chi connectivity index (χ1v) is 36.1. The Hall–Kier alpha value is -7.96. The average molecular weight is 1490 g/mol. The number of ketones is 1. The van der Waals surface area contributed by atoms with E-state index < -0.39 is 228 Å². The molecular formula is C64H69ClF10N9O13PS2. The molecule has 542 valence electrons. The van der Waals surface area contributed by atoms with E-state index in [9.17, 15) is 53.8 Å². The van der Waals surface area contributed by atoms with Crippen molar-refractivity contribution in [2.45, 2.75) is 173 Å². The number of carbonyl (C=O) groups is 5. The summed E-state index contributed by atoms with van der Waals surface area (Å²) in [5, 5.41) is 11.1. The number of phosphoric acid groups is 1. The Labute approximate surface area is 573 Å². The van der Waals surface area contributed by atoms with Gasteiger partial charge in [0.2, 0.25) is 33.7 Å². The van der Waals surface area contributed by atoms with Gasteiger partial charge < -0.3 is 20.9 Å². The molecule has 1 fully saturated rings. The van der Waals surface area contributed by atoms with E-state index in [0.717, 1.165) is 49.6 Å². The van der Waals surface area contributed by atoms with E-state index in [1.807, 2.05) is 0 Å². The number of primary amides is 1. The third-order valence-corrected chi connectivity index (χ3v) is 21.2. The first kappa shape index (κ1) is 77.8. The number of hydrogen-bond donors (Lipinski definition) is 3. The fraction of sp³-hybridized carbons (Fsp3) is 0.469. The minimum absolute atomic E-state index is 0.0262. The van der Waals surface area contributed by atoms with Gasteiger partial charge in [-0.15, -0.1) is 0 Å². The highest BCUT2D eigenvalue weighted by atomic mass is 35.5. The lowest BCUT2D eigenvalue weighted by Gasteiger charge is -2.33. The fourth-order valence-corrected chi connectivity index (χ4v) is 14.7. The van der Waals surface area contributed by atoms with Gasteiger partial charge in [-0.3, -0.25) is 42.4 Å². The lowest BCUT2D eigenvalue weighted by Crippen LogP contribution is -2.43. The van der Waals surface area contributed by atoms with E-state index in [-0.39, 0.29) is 48.2 Å². The minimum Gasteiger partial charge on any atom is -0.404 e. The molecule has 8 rings (SSSR count). The van der Waals surface area contributed by atoms with E-state index in [4.69, 9.17) is 30.9 Å². The van der Waals surface area contributed by atoms with E-state index in [0.29, 0.717) is 17.9 Å². The highest BCUT2D eigenvalue weighted by molar-refractivity contribution is 7.93. The second-order valence-corrected chi connectivity index (χ2v) is 32.5. The van der Waals surface area contributed by atoms with Crippen LogP contribution in [0.25, 0.3) is 22.0 Å². The summed E-state index contributed by atoms with van der Waals surface area (Å²) in [6.07, 6.45) is -14.4. The molecule has 100 heavy (non-hydrogen) atoms. The Morgan fingerprint density at radius 2 is 1.47 bits per heavy atom. The number of anilines is 1. The number of amides is 4. The Kier molecular flexibility index (Phi) is 21.9. The van der Waals surface area contributed by atoms with Crippen LogP contribution in [0.4, 0.5) is 49.7 Å². The summed E-state index contributed by atoms with van der Waals surface area (Å²) in [5.41, 5.74) is -2.94. The molecule has 4 N–H and O–H groups in total. The largest absolute Gasteiger partial charge is 0.530 e. The maximum atomic E-state index is 15.9. The number of nitrogens with two attached hydrogens (primary N) is 1. The molecule has 2 aliphatic carbocycles. The van der Waals surface area contributed by atoms with Crippen molar-refractivity contribution in [2.24, 2.45) is 11.7 Å². The SMILES string of the molecule is CC(=O)[C@H](CC(N)=O)NC(=O)Cc1cc(C)cc(OP(=O)(OC(C)C)OC(C)C)c1C(C)(C)CC(=O)N(c1nn(CC(F)(F)F)c2c(-c3ccc(C#CC(C)(C)S(C)(=O)=O)nc3[C@H](Cc3cc(F)cc(F)c3)NC(=O)Cn3nc(C(F)(F)F)c4c3C(F)(F)[C@@H]3C[C@H]43)ccc(Cl)c12)S(C)(=O)=O. The van der Waals surface area contributed by atoms with E-state index in [1.54, 1.807) is 0 Å². The number of benzene rings is 3. The summed E-state index contributed by atoms with van der Waals surface area (Å²) in [6.45, 7) is 10.2. The molecule has 36 heteroatoms. The number of carbonyl (C=O) groups excluding carboxylic acids is 5. The van der Waals surface area contributed by atoms with Crippen LogP contribution in [0.3, 0.4) is 0 Å². The summed E-state index contributed by atoms with van der Waals surface area (Å²) in [4.78, 5) is 73.0. The van der Waals surface area contributed by atoms with E-state index >= 15 is 35.5 Å². The normalized spacial score (nSPS) is 16.2. The molecule has 0 unspecified atom stereocenters. The van der Waals surface area contributed by atoms with Crippen molar-refractivity contribution in [3.8, 4) is 28.7 Å². The second kappa shape index (κ2) is 28.1. The van der Waals surface area contributed by atoms with Crippen molar-refractivity contribution >= 4 is 85.4 Å². The Morgan fingerprint density at radius 3 is 2.02 bits per heavy atom. The zero-order valence-corrected chi connectivity index (χ0v) is 58.9. The number of alkyl halides is 8. The van der Waals surface area contributed by atoms with E-state index in [1.165, 1.54) is 74.4 Å². The molecule has 2 aliphatic rings.